The number of anilines is 1. The molecule has 0 saturated carbocycles. The predicted octanol–water partition coefficient (Wildman–Crippen LogP) is 1.75. The maximum atomic E-state index is 12.5. The second kappa shape index (κ2) is 4.68. The van der Waals surface area contributed by atoms with E-state index in [1.54, 1.807) is 17.0 Å². The molecule has 6 nitrogen and oxygen atoms in total. The molecule has 0 spiro atoms. The van der Waals surface area contributed by atoms with E-state index < -0.39 is 0 Å². The van der Waals surface area contributed by atoms with Crippen molar-refractivity contribution in [1.82, 2.24) is 19.7 Å². The van der Waals surface area contributed by atoms with E-state index in [1.807, 2.05) is 26.0 Å². The van der Waals surface area contributed by atoms with Gasteiger partial charge >= 0.3 is 0 Å². The zero-order chi connectivity index (χ0) is 14.3. The molecule has 2 aromatic heterocycles. The standard InChI is InChI=1S/C13H13N5OS/c1-7-3-4-9-10(5-7)15-6-18(12(9)19)8(2)11-16-17-13(14)20-11/h3-6,8H,1-2H3,(H2,14,17)/t8-/m1/s1. The van der Waals surface area contributed by atoms with Crippen LogP contribution in [0.15, 0.2) is 29.3 Å². The first-order chi connectivity index (χ1) is 9.56. The highest BCUT2D eigenvalue weighted by molar-refractivity contribution is 7.15. The van der Waals surface area contributed by atoms with E-state index in [1.165, 1.54) is 11.3 Å². The van der Waals surface area contributed by atoms with Crippen LogP contribution in [0.25, 0.3) is 10.9 Å². The molecule has 0 bridgehead atoms. The second-order valence-corrected chi connectivity index (χ2v) is 5.67. The average molecular weight is 287 g/mol. The number of benzene rings is 1. The van der Waals surface area contributed by atoms with Gasteiger partial charge in [0.25, 0.3) is 5.56 Å². The van der Waals surface area contributed by atoms with Gasteiger partial charge < -0.3 is 5.73 Å². The summed E-state index contributed by atoms with van der Waals surface area (Å²) in [5, 5.41) is 9.45. The van der Waals surface area contributed by atoms with Crippen LogP contribution >= 0.6 is 11.3 Å². The Labute approximate surface area is 118 Å². The van der Waals surface area contributed by atoms with Crippen LogP contribution in [0.3, 0.4) is 0 Å². The van der Waals surface area contributed by atoms with Crippen molar-refractivity contribution in [2.45, 2.75) is 19.9 Å². The lowest BCUT2D eigenvalue weighted by Crippen LogP contribution is -2.24. The lowest BCUT2D eigenvalue weighted by Gasteiger charge is -2.12. The maximum Gasteiger partial charge on any atom is 0.261 e. The third-order valence-corrected chi connectivity index (χ3v) is 4.09. The van der Waals surface area contributed by atoms with Crippen molar-refractivity contribution < 1.29 is 0 Å². The van der Waals surface area contributed by atoms with Gasteiger partial charge in [0, 0.05) is 0 Å². The monoisotopic (exact) mass is 287 g/mol. The Morgan fingerprint density at radius 1 is 1.35 bits per heavy atom. The van der Waals surface area contributed by atoms with Gasteiger partial charge in [-0.1, -0.05) is 17.4 Å². The third-order valence-electron chi connectivity index (χ3n) is 3.17. The van der Waals surface area contributed by atoms with Gasteiger partial charge in [-0.25, -0.2) is 4.98 Å². The number of hydrogen-bond acceptors (Lipinski definition) is 6. The number of rotatable bonds is 2. The maximum absolute atomic E-state index is 12.5. The van der Waals surface area contributed by atoms with Crippen LogP contribution in [0.5, 0.6) is 0 Å². The Balaban J connectivity index is 2.15. The highest BCUT2D eigenvalue weighted by atomic mass is 32.1. The summed E-state index contributed by atoms with van der Waals surface area (Å²) in [4.78, 5) is 16.9. The number of nitrogen functional groups attached to an aromatic ring is 1. The average Bonchev–Trinajstić information content (AvgIpc) is 2.85. The molecule has 0 amide bonds. The van der Waals surface area contributed by atoms with Gasteiger partial charge in [0.1, 0.15) is 5.01 Å². The fourth-order valence-corrected chi connectivity index (χ4v) is 2.72. The van der Waals surface area contributed by atoms with Crippen molar-refractivity contribution in [3.63, 3.8) is 0 Å². The molecule has 1 aromatic carbocycles. The Kier molecular flexibility index (Phi) is 2.98. The highest BCUT2D eigenvalue weighted by Crippen LogP contribution is 2.22. The lowest BCUT2D eigenvalue weighted by molar-refractivity contribution is 0.600. The summed E-state index contributed by atoms with van der Waals surface area (Å²) >= 11 is 1.28. The van der Waals surface area contributed by atoms with Crippen LogP contribution in [0.1, 0.15) is 23.5 Å². The fraction of sp³-hybridized carbons (Fsp3) is 0.231. The third kappa shape index (κ3) is 2.05. The number of fused-ring (bicyclic) bond motifs is 1. The molecule has 0 fully saturated rings. The molecule has 3 aromatic rings. The van der Waals surface area contributed by atoms with E-state index in [-0.39, 0.29) is 11.6 Å². The summed E-state index contributed by atoms with van der Waals surface area (Å²) in [6, 6.07) is 5.37. The molecular weight excluding hydrogens is 274 g/mol. The van der Waals surface area contributed by atoms with Crippen molar-refractivity contribution in [3.05, 3.63) is 45.5 Å². The number of nitrogens with zero attached hydrogens (tertiary/aromatic N) is 4. The topological polar surface area (TPSA) is 86.7 Å². The number of hydrogen-bond donors (Lipinski definition) is 1. The van der Waals surface area contributed by atoms with E-state index in [9.17, 15) is 4.79 Å². The van der Waals surface area contributed by atoms with E-state index in [4.69, 9.17) is 5.73 Å². The zero-order valence-corrected chi connectivity index (χ0v) is 11.9. The van der Waals surface area contributed by atoms with Crippen molar-refractivity contribution in [2.75, 3.05) is 5.73 Å². The zero-order valence-electron chi connectivity index (χ0n) is 11.1. The normalized spacial score (nSPS) is 12.7. The minimum atomic E-state index is -0.240. The van der Waals surface area contributed by atoms with Crippen LogP contribution in [0.4, 0.5) is 5.13 Å². The molecule has 0 saturated heterocycles. The quantitative estimate of drug-likeness (QED) is 0.776. The Hall–Kier alpha value is -2.28. The predicted molar refractivity (Wildman–Crippen MR) is 78.9 cm³/mol. The van der Waals surface area contributed by atoms with Crippen LogP contribution in [0.2, 0.25) is 0 Å². The van der Waals surface area contributed by atoms with Gasteiger partial charge in [-0.15, -0.1) is 10.2 Å². The van der Waals surface area contributed by atoms with Gasteiger partial charge in [0.05, 0.1) is 23.3 Å². The van der Waals surface area contributed by atoms with Crippen LogP contribution in [-0.4, -0.2) is 19.7 Å². The molecule has 2 N–H and O–H groups in total. The highest BCUT2D eigenvalue weighted by Gasteiger charge is 2.16. The fourth-order valence-electron chi connectivity index (χ4n) is 2.06. The summed E-state index contributed by atoms with van der Waals surface area (Å²) in [5.74, 6) is 0. The first-order valence-electron chi connectivity index (χ1n) is 6.12. The van der Waals surface area contributed by atoms with Crippen LogP contribution < -0.4 is 11.3 Å². The van der Waals surface area contributed by atoms with Gasteiger partial charge in [0.2, 0.25) is 5.13 Å². The summed E-state index contributed by atoms with van der Waals surface area (Å²) < 4.78 is 1.55. The van der Waals surface area contributed by atoms with Gasteiger partial charge in [-0.05, 0) is 31.5 Å². The van der Waals surface area contributed by atoms with Crippen molar-refractivity contribution in [1.29, 1.82) is 0 Å². The second-order valence-electron chi connectivity index (χ2n) is 4.63. The Morgan fingerprint density at radius 2 is 2.15 bits per heavy atom. The van der Waals surface area contributed by atoms with E-state index in [0.29, 0.717) is 21.0 Å². The first-order valence-corrected chi connectivity index (χ1v) is 6.94. The summed E-state index contributed by atoms with van der Waals surface area (Å²) in [5.41, 5.74) is 7.27. The molecule has 20 heavy (non-hydrogen) atoms. The summed E-state index contributed by atoms with van der Waals surface area (Å²) in [6.45, 7) is 3.85. The molecule has 0 aliphatic rings. The number of nitrogens with two attached hydrogens (primary N) is 1. The summed E-state index contributed by atoms with van der Waals surface area (Å²) in [6.07, 6.45) is 1.55. The molecule has 0 aliphatic heterocycles. The number of aromatic nitrogens is 4. The largest absolute Gasteiger partial charge is 0.374 e. The Bertz CT molecular complexity index is 838. The number of aryl methyl sites for hydroxylation is 1. The molecular formula is C13H13N5OS. The lowest BCUT2D eigenvalue weighted by atomic mass is 10.2. The first kappa shape index (κ1) is 12.7. The molecule has 3 rings (SSSR count). The smallest absolute Gasteiger partial charge is 0.261 e. The SMILES string of the molecule is Cc1ccc2c(=O)n([C@H](C)c3nnc(N)s3)cnc2c1. The molecule has 2 heterocycles. The van der Waals surface area contributed by atoms with Gasteiger partial charge in [-0.2, -0.15) is 0 Å². The Morgan fingerprint density at radius 3 is 2.85 bits per heavy atom. The minimum Gasteiger partial charge on any atom is -0.374 e. The van der Waals surface area contributed by atoms with Crippen molar-refractivity contribution >= 4 is 27.4 Å². The molecule has 7 heteroatoms. The molecule has 1 atom stereocenters. The van der Waals surface area contributed by atoms with E-state index in [2.05, 4.69) is 15.2 Å². The van der Waals surface area contributed by atoms with Crippen molar-refractivity contribution in [2.24, 2.45) is 0 Å². The molecule has 0 unspecified atom stereocenters. The molecule has 0 radical (unpaired) electrons. The van der Waals surface area contributed by atoms with Gasteiger partial charge in [0.15, 0.2) is 0 Å². The van der Waals surface area contributed by atoms with Gasteiger partial charge in [-0.3, -0.25) is 9.36 Å². The molecule has 0 aliphatic carbocycles. The van der Waals surface area contributed by atoms with Crippen LogP contribution in [0, 0.1) is 6.92 Å². The summed E-state index contributed by atoms with van der Waals surface area (Å²) in [7, 11) is 0. The van der Waals surface area contributed by atoms with Crippen LogP contribution in [-0.2, 0) is 0 Å². The van der Waals surface area contributed by atoms with Crippen molar-refractivity contribution in [3.8, 4) is 0 Å². The molecule has 102 valence electrons. The van der Waals surface area contributed by atoms with E-state index >= 15 is 0 Å². The van der Waals surface area contributed by atoms with E-state index in [0.717, 1.165) is 5.56 Å². The minimum absolute atomic E-state index is 0.0868.